The molecule has 0 radical (unpaired) electrons. The fourth-order valence-electron chi connectivity index (χ4n) is 3.96. The van der Waals surface area contributed by atoms with Gasteiger partial charge in [0, 0.05) is 26.3 Å². The standard InChI is InChI=1S/C17H21N5O3/c1-21-14-13(15(23)20-17(21)25)6-12(9-19-14)16(24)22-4-2-10-7-18-8-11(10)3-5-22/h6,9-11,18H,2-5,7-8H2,1H3,(H,20,23,25)/t10-,11+. The van der Waals surface area contributed by atoms with E-state index in [1.807, 2.05) is 4.90 Å². The zero-order valence-electron chi connectivity index (χ0n) is 14.1. The van der Waals surface area contributed by atoms with Crippen LogP contribution in [0.5, 0.6) is 0 Å². The number of hydrogen-bond donors (Lipinski definition) is 2. The number of aromatic nitrogens is 3. The zero-order chi connectivity index (χ0) is 17.6. The van der Waals surface area contributed by atoms with E-state index in [1.54, 1.807) is 0 Å². The van der Waals surface area contributed by atoms with Crippen molar-refractivity contribution >= 4 is 16.9 Å². The smallest absolute Gasteiger partial charge is 0.329 e. The molecule has 25 heavy (non-hydrogen) atoms. The number of nitrogens with one attached hydrogen (secondary N) is 2. The molecule has 1 amide bonds. The van der Waals surface area contributed by atoms with Gasteiger partial charge in [0.2, 0.25) is 0 Å². The molecule has 132 valence electrons. The summed E-state index contributed by atoms with van der Waals surface area (Å²) < 4.78 is 1.27. The van der Waals surface area contributed by atoms with Crippen molar-refractivity contribution in [1.29, 1.82) is 0 Å². The lowest BCUT2D eigenvalue weighted by atomic mass is 9.92. The number of H-pyrrole nitrogens is 1. The number of pyridine rings is 1. The minimum absolute atomic E-state index is 0.101. The van der Waals surface area contributed by atoms with Crippen LogP contribution in [0.25, 0.3) is 11.0 Å². The Bertz CT molecular complexity index is 933. The summed E-state index contributed by atoms with van der Waals surface area (Å²) in [6, 6.07) is 1.54. The van der Waals surface area contributed by atoms with E-state index in [-0.39, 0.29) is 16.9 Å². The van der Waals surface area contributed by atoms with Gasteiger partial charge in [-0.3, -0.25) is 19.1 Å². The van der Waals surface area contributed by atoms with E-state index in [9.17, 15) is 14.4 Å². The number of amides is 1. The van der Waals surface area contributed by atoms with Crippen molar-refractivity contribution in [3.05, 3.63) is 38.7 Å². The average molecular weight is 343 g/mol. The number of likely N-dealkylation sites (tertiary alicyclic amines) is 1. The van der Waals surface area contributed by atoms with Crippen molar-refractivity contribution < 1.29 is 4.79 Å². The van der Waals surface area contributed by atoms with E-state index in [4.69, 9.17) is 0 Å². The summed E-state index contributed by atoms with van der Waals surface area (Å²) in [5.41, 5.74) is -0.364. The lowest BCUT2D eigenvalue weighted by Gasteiger charge is -2.21. The third-order valence-corrected chi connectivity index (χ3v) is 5.51. The number of nitrogens with zero attached hydrogens (tertiary/aromatic N) is 3. The van der Waals surface area contributed by atoms with Gasteiger partial charge in [0.05, 0.1) is 10.9 Å². The number of carbonyl (C=O) groups excluding carboxylic acids is 1. The Balaban J connectivity index is 1.64. The van der Waals surface area contributed by atoms with Crippen molar-refractivity contribution in [2.24, 2.45) is 18.9 Å². The maximum absolute atomic E-state index is 12.9. The van der Waals surface area contributed by atoms with Crippen LogP contribution < -0.4 is 16.6 Å². The molecule has 2 atom stereocenters. The highest BCUT2D eigenvalue weighted by Gasteiger charge is 2.31. The molecule has 2 saturated heterocycles. The fraction of sp³-hybridized carbons (Fsp3) is 0.529. The molecular formula is C17H21N5O3. The van der Waals surface area contributed by atoms with Crippen LogP contribution in [0.2, 0.25) is 0 Å². The van der Waals surface area contributed by atoms with E-state index in [2.05, 4.69) is 15.3 Å². The average Bonchev–Trinajstić information content (AvgIpc) is 2.97. The first-order chi connectivity index (χ1) is 12.0. The van der Waals surface area contributed by atoms with Crippen LogP contribution in [0.4, 0.5) is 0 Å². The minimum atomic E-state index is -0.517. The summed E-state index contributed by atoms with van der Waals surface area (Å²) in [4.78, 5) is 44.8. The molecule has 2 aliphatic heterocycles. The molecule has 0 spiro atoms. The molecule has 0 aromatic carbocycles. The molecule has 4 rings (SSSR count). The Morgan fingerprint density at radius 3 is 2.56 bits per heavy atom. The van der Waals surface area contributed by atoms with Gasteiger partial charge < -0.3 is 10.2 Å². The van der Waals surface area contributed by atoms with E-state index in [0.29, 0.717) is 17.4 Å². The van der Waals surface area contributed by atoms with Gasteiger partial charge in [-0.2, -0.15) is 0 Å². The van der Waals surface area contributed by atoms with Crippen LogP contribution in [-0.2, 0) is 7.05 Å². The topological polar surface area (TPSA) is 100 Å². The Morgan fingerprint density at radius 2 is 1.88 bits per heavy atom. The second kappa shape index (κ2) is 6.11. The molecule has 0 saturated carbocycles. The minimum Gasteiger partial charge on any atom is -0.339 e. The maximum atomic E-state index is 12.9. The maximum Gasteiger partial charge on any atom is 0.329 e. The van der Waals surface area contributed by atoms with Crippen molar-refractivity contribution in [2.75, 3.05) is 26.2 Å². The van der Waals surface area contributed by atoms with Gasteiger partial charge in [-0.05, 0) is 43.8 Å². The second-order valence-electron chi connectivity index (χ2n) is 6.96. The summed E-state index contributed by atoms with van der Waals surface area (Å²) in [5, 5.41) is 3.68. The predicted molar refractivity (Wildman–Crippen MR) is 92.6 cm³/mol. The third-order valence-electron chi connectivity index (χ3n) is 5.51. The van der Waals surface area contributed by atoms with Gasteiger partial charge >= 0.3 is 5.69 Å². The molecule has 4 heterocycles. The second-order valence-corrected chi connectivity index (χ2v) is 6.96. The van der Waals surface area contributed by atoms with E-state index < -0.39 is 11.2 Å². The highest BCUT2D eigenvalue weighted by atomic mass is 16.2. The Hall–Kier alpha value is -2.48. The van der Waals surface area contributed by atoms with E-state index in [1.165, 1.54) is 23.9 Å². The number of aromatic amines is 1. The van der Waals surface area contributed by atoms with Gasteiger partial charge in [-0.1, -0.05) is 0 Å². The number of fused-ring (bicyclic) bond motifs is 2. The van der Waals surface area contributed by atoms with Crippen LogP contribution in [-0.4, -0.2) is 51.5 Å². The van der Waals surface area contributed by atoms with Gasteiger partial charge in [-0.15, -0.1) is 0 Å². The van der Waals surface area contributed by atoms with Crippen molar-refractivity contribution in [3.63, 3.8) is 0 Å². The summed E-state index contributed by atoms with van der Waals surface area (Å²) in [6.07, 6.45) is 3.45. The van der Waals surface area contributed by atoms with Crippen molar-refractivity contribution in [1.82, 2.24) is 24.8 Å². The van der Waals surface area contributed by atoms with E-state index >= 15 is 0 Å². The molecule has 8 nitrogen and oxygen atoms in total. The molecule has 2 fully saturated rings. The molecule has 0 unspecified atom stereocenters. The molecule has 0 aliphatic carbocycles. The molecule has 2 aromatic rings. The molecule has 8 heteroatoms. The molecule has 0 bridgehead atoms. The van der Waals surface area contributed by atoms with Crippen LogP contribution in [0.15, 0.2) is 21.9 Å². The summed E-state index contributed by atoms with van der Waals surface area (Å²) in [7, 11) is 1.54. The molecular weight excluding hydrogens is 322 g/mol. The summed E-state index contributed by atoms with van der Waals surface area (Å²) in [6.45, 7) is 3.52. The SMILES string of the molecule is Cn1c(=O)[nH]c(=O)c2cc(C(=O)N3CC[C@@H]4CNC[C@@H]4CC3)cnc21. The number of rotatable bonds is 1. The Morgan fingerprint density at radius 1 is 1.20 bits per heavy atom. The zero-order valence-corrected chi connectivity index (χ0v) is 14.1. The van der Waals surface area contributed by atoms with Crippen molar-refractivity contribution in [3.8, 4) is 0 Å². The van der Waals surface area contributed by atoms with E-state index in [0.717, 1.165) is 39.0 Å². The Kier molecular flexibility index (Phi) is 3.91. The quantitative estimate of drug-likeness (QED) is 0.740. The first-order valence-electron chi connectivity index (χ1n) is 8.63. The highest BCUT2D eigenvalue weighted by molar-refractivity contribution is 5.96. The van der Waals surface area contributed by atoms with Gasteiger partial charge in [0.1, 0.15) is 5.65 Å². The summed E-state index contributed by atoms with van der Waals surface area (Å²) >= 11 is 0. The number of carbonyl (C=O) groups is 1. The monoisotopic (exact) mass is 343 g/mol. The predicted octanol–water partition coefficient (Wildman–Crippen LogP) is -0.307. The number of hydrogen-bond acceptors (Lipinski definition) is 5. The fourth-order valence-corrected chi connectivity index (χ4v) is 3.96. The highest BCUT2D eigenvalue weighted by Crippen LogP contribution is 2.27. The van der Waals surface area contributed by atoms with Gasteiger partial charge in [-0.25, -0.2) is 9.78 Å². The number of aryl methyl sites for hydroxylation is 1. The third kappa shape index (κ3) is 2.76. The first kappa shape index (κ1) is 16.0. The Labute approximate surface area is 143 Å². The van der Waals surface area contributed by atoms with Crippen molar-refractivity contribution in [2.45, 2.75) is 12.8 Å². The van der Waals surface area contributed by atoms with Crippen LogP contribution in [0.1, 0.15) is 23.2 Å². The van der Waals surface area contributed by atoms with Crippen LogP contribution in [0, 0.1) is 11.8 Å². The largest absolute Gasteiger partial charge is 0.339 e. The molecule has 2 aliphatic rings. The normalized spacial score (nSPS) is 23.5. The molecule has 2 N–H and O–H groups in total. The van der Waals surface area contributed by atoms with Crippen LogP contribution >= 0.6 is 0 Å². The summed E-state index contributed by atoms with van der Waals surface area (Å²) in [5.74, 6) is 1.19. The van der Waals surface area contributed by atoms with Gasteiger partial charge in [0.15, 0.2) is 0 Å². The lowest BCUT2D eigenvalue weighted by molar-refractivity contribution is 0.0758. The molecule has 2 aromatic heterocycles. The van der Waals surface area contributed by atoms with Crippen LogP contribution in [0.3, 0.4) is 0 Å². The first-order valence-corrected chi connectivity index (χ1v) is 8.63. The van der Waals surface area contributed by atoms with Gasteiger partial charge in [0.25, 0.3) is 11.5 Å². The lowest BCUT2D eigenvalue weighted by Crippen LogP contribution is -2.33.